The minimum Gasteiger partial charge on any atom is -0.396 e. The standard InChI is InChI=1S/C15H30N2O/c1-13(11-15-6-2-3-8-16-15)17-9-4-5-14(12-17)7-10-18/h13-16,18H,2-12H2,1H3. The topological polar surface area (TPSA) is 35.5 Å². The van der Waals surface area contributed by atoms with E-state index in [1.807, 2.05) is 0 Å². The van der Waals surface area contributed by atoms with Gasteiger partial charge in [-0.05, 0) is 64.5 Å². The highest BCUT2D eigenvalue weighted by Crippen LogP contribution is 2.23. The Morgan fingerprint density at radius 2 is 2.17 bits per heavy atom. The maximum Gasteiger partial charge on any atom is 0.0434 e. The van der Waals surface area contributed by atoms with Crippen LogP contribution in [0.2, 0.25) is 0 Å². The minimum absolute atomic E-state index is 0.358. The summed E-state index contributed by atoms with van der Waals surface area (Å²) in [7, 11) is 0. The monoisotopic (exact) mass is 254 g/mol. The molecule has 0 aromatic heterocycles. The van der Waals surface area contributed by atoms with Crippen LogP contribution in [0.3, 0.4) is 0 Å². The normalized spacial score (nSPS) is 32.3. The number of nitrogens with one attached hydrogen (secondary N) is 1. The fourth-order valence-corrected chi connectivity index (χ4v) is 3.60. The van der Waals surface area contributed by atoms with Gasteiger partial charge in [0, 0.05) is 25.2 Å². The largest absolute Gasteiger partial charge is 0.396 e. The zero-order chi connectivity index (χ0) is 12.8. The first-order chi connectivity index (χ1) is 8.79. The van der Waals surface area contributed by atoms with Gasteiger partial charge in [0.25, 0.3) is 0 Å². The highest BCUT2D eigenvalue weighted by molar-refractivity contribution is 4.82. The molecule has 3 atom stereocenters. The van der Waals surface area contributed by atoms with Crippen LogP contribution in [0, 0.1) is 5.92 Å². The van der Waals surface area contributed by atoms with Crippen molar-refractivity contribution < 1.29 is 5.11 Å². The highest BCUT2D eigenvalue weighted by atomic mass is 16.3. The smallest absolute Gasteiger partial charge is 0.0434 e. The highest BCUT2D eigenvalue weighted by Gasteiger charge is 2.25. The molecule has 3 unspecified atom stereocenters. The van der Waals surface area contributed by atoms with E-state index in [1.165, 1.54) is 58.2 Å². The first kappa shape index (κ1) is 14.3. The number of piperidine rings is 2. The summed E-state index contributed by atoms with van der Waals surface area (Å²) < 4.78 is 0. The Morgan fingerprint density at radius 3 is 2.89 bits per heavy atom. The Morgan fingerprint density at radius 1 is 1.28 bits per heavy atom. The van der Waals surface area contributed by atoms with Crippen molar-refractivity contribution in [1.29, 1.82) is 0 Å². The van der Waals surface area contributed by atoms with Crippen LogP contribution in [0.1, 0.15) is 51.9 Å². The van der Waals surface area contributed by atoms with Gasteiger partial charge in [-0.1, -0.05) is 6.42 Å². The Balaban J connectivity index is 1.74. The van der Waals surface area contributed by atoms with E-state index in [0.717, 1.165) is 18.4 Å². The number of hydrogen-bond donors (Lipinski definition) is 2. The zero-order valence-electron chi connectivity index (χ0n) is 11.9. The van der Waals surface area contributed by atoms with Crippen molar-refractivity contribution >= 4 is 0 Å². The molecule has 0 radical (unpaired) electrons. The summed E-state index contributed by atoms with van der Waals surface area (Å²) in [5.41, 5.74) is 0. The second kappa shape index (κ2) is 7.46. The maximum absolute atomic E-state index is 9.08. The molecule has 2 aliphatic heterocycles. The molecule has 2 rings (SSSR count). The van der Waals surface area contributed by atoms with Crippen LogP contribution >= 0.6 is 0 Å². The van der Waals surface area contributed by atoms with Crippen LogP contribution in [0.4, 0.5) is 0 Å². The molecule has 106 valence electrons. The van der Waals surface area contributed by atoms with Crippen molar-refractivity contribution in [2.45, 2.75) is 64.0 Å². The third kappa shape index (κ3) is 4.22. The third-order valence-electron chi connectivity index (χ3n) is 4.75. The lowest BCUT2D eigenvalue weighted by Gasteiger charge is -2.38. The van der Waals surface area contributed by atoms with Crippen LogP contribution in [0.5, 0.6) is 0 Å². The number of aliphatic hydroxyl groups is 1. The summed E-state index contributed by atoms with van der Waals surface area (Å²) >= 11 is 0. The lowest BCUT2D eigenvalue weighted by molar-refractivity contribution is 0.103. The van der Waals surface area contributed by atoms with E-state index < -0.39 is 0 Å². The van der Waals surface area contributed by atoms with Gasteiger partial charge in [0.15, 0.2) is 0 Å². The Bertz CT molecular complexity index is 227. The SMILES string of the molecule is CC(CC1CCCCN1)N1CCCC(CCO)C1. The molecule has 0 spiro atoms. The average molecular weight is 254 g/mol. The van der Waals surface area contributed by atoms with Crippen LogP contribution in [0.15, 0.2) is 0 Å². The molecule has 0 amide bonds. The maximum atomic E-state index is 9.08. The Hall–Kier alpha value is -0.120. The molecule has 0 bridgehead atoms. The lowest BCUT2D eigenvalue weighted by Crippen LogP contribution is -2.45. The van der Waals surface area contributed by atoms with Crippen LogP contribution in [-0.2, 0) is 0 Å². The van der Waals surface area contributed by atoms with Gasteiger partial charge >= 0.3 is 0 Å². The van der Waals surface area contributed by atoms with Gasteiger partial charge in [-0.2, -0.15) is 0 Å². The lowest BCUT2D eigenvalue weighted by atomic mass is 9.92. The molecular formula is C15H30N2O. The Kier molecular flexibility index (Phi) is 5.93. The predicted octanol–water partition coefficient (Wildman–Crippen LogP) is 2.00. The number of rotatable bonds is 5. The molecule has 3 heteroatoms. The minimum atomic E-state index is 0.358. The fraction of sp³-hybridized carbons (Fsp3) is 1.00. The van der Waals surface area contributed by atoms with Gasteiger partial charge < -0.3 is 15.3 Å². The summed E-state index contributed by atoms with van der Waals surface area (Å²) in [6.07, 6.45) is 9.03. The third-order valence-corrected chi connectivity index (χ3v) is 4.75. The molecule has 2 heterocycles. The van der Waals surface area contributed by atoms with Gasteiger partial charge in [-0.15, -0.1) is 0 Å². The summed E-state index contributed by atoms with van der Waals surface area (Å²) in [5.74, 6) is 0.727. The second-order valence-corrected chi connectivity index (χ2v) is 6.25. The van der Waals surface area contributed by atoms with Crippen molar-refractivity contribution in [2.75, 3.05) is 26.2 Å². The van der Waals surface area contributed by atoms with Gasteiger partial charge in [-0.25, -0.2) is 0 Å². The number of likely N-dealkylation sites (tertiary alicyclic amines) is 1. The molecule has 0 aromatic carbocycles. The van der Waals surface area contributed by atoms with Crippen molar-refractivity contribution in [2.24, 2.45) is 5.92 Å². The van der Waals surface area contributed by atoms with E-state index in [-0.39, 0.29) is 0 Å². The summed E-state index contributed by atoms with van der Waals surface area (Å²) in [6, 6.07) is 1.44. The molecule has 0 aliphatic carbocycles. The van der Waals surface area contributed by atoms with E-state index in [4.69, 9.17) is 5.11 Å². The van der Waals surface area contributed by atoms with Gasteiger partial charge in [0.2, 0.25) is 0 Å². The predicted molar refractivity (Wildman–Crippen MR) is 75.7 cm³/mol. The van der Waals surface area contributed by atoms with Crippen LogP contribution in [-0.4, -0.2) is 48.3 Å². The number of aliphatic hydroxyl groups excluding tert-OH is 1. The van der Waals surface area contributed by atoms with Gasteiger partial charge in [-0.3, -0.25) is 0 Å². The van der Waals surface area contributed by atoms with Crippen molar-refractivity contribution in [1.82, 2.24) is 10.2 Å². The summed E-state index contributed by atoms with van der Waals surface area (Å²) in [5, 5.41) is 12.7. The van der Waals surface area contributed by atoms with Crippen molar-refractivity contribution in [3.63, 3.8) is 0 Å². The van der Waals surface area contributed by atoms with E-state index in [1.54, 1.807) is 0 Å². The molecule has 2 fully saturated rings. The van der Waals surface area contributed by atoms with Gasteiger partial charge in [0.05, 0.1) is 0 Å². The molecule has 3 nitrogen and oxygen atoms in total. The van der Waals surface area contributed by atoms with Crippen molar-refractivity contribution in [3.05, 3.63) is 0 Å². The molecule has 2 N–H and O–H groups in total. The van der Waals surface area contributed by atoms with E-state index in [0.29, 0.717) is 12.6 Å². The molecule has 2 aliphatic rings. The van der Waals surface area contributed by atoms with Crippen molar-refractivity contribution in [3.8, 4) is 0 Å². The molecule has 0 aromatic rings. The second-order valence-electron chi connectivity index (χ2n) is 6.25. The first-order valence-electron chi connectivity index (χ1n) is 7.88. The molecule has 0 saturated carbocycles. The molecular weight excluding hydrogens is 224 g/mol. The molecule has 18 heavy (non-hydrogen) atoms. The van der Waals surface area contributed by atoms with E-state index in [9.17, 15) is 0 Å². The first-order valence-corrected chi connectivity index (χ1v) is 7.88. The van der Waals surface area contributed by atoms with E-state index in [2.05, 4.69) is 17.1 Å². The van der Waals surface area contributed by atoms with Crippen LogP contribution < -0.4 is 5.32 Å². The average Bonchev–Trinajstić information content (AvgIpc) is 2.40. The van der Waals surface area contributed by atoms with E-state index >= 15 is 0 Å². The fourth-order valence-electron chi connectivity index (χ4n) is 3.60. The number of hydrogen-bond acceptors (Lipinski definition) is 3. The summed E-state index contributed by atoms with van der Waals surface area (Å²) in [6.45, 7) is 6.42. The molecule has 2 saturated heterocycles. The van der Waals surface area contributed by atoms with Crippen LogP contribution in [0.25, 0.3) is 0 Å². The number of nitrogens with zero attached hydrogens (tertiary/aromatic N) is 1. The Labute approximate surface area is 112 Å². The zero-order valence-corrected chi connectivity index (χ0v) is 11.9. The van der Waals surface area contributed by atoms with Gasteiger partial charge in [0.1, 0.15) is 0 Å². The quantitative estimate of drug-likeness (QED) is 0.788. The summed E-state index contributed by atoms with van der Waals surface area (Å²) in [4.78, 5) is 2.65.